The zero-order valence-corrected chi connectivity index (χ0v) is 19.6. The number of halogens is 1. The molecule has 2 aliphatic rings. The maximum atomic E-state index is 12.4. The third-order valence-electron chi connectivity index (χ3n) is 6.63. The van der Waals surface area contributed by atoms with Crippen molar-refractivity contribution in [2.24, 2.45) is 0 Å². The average molecular weight is 523 g/mol. The van der Waals surface area contributed by atoms with E-state index in [2.05, 4.69) is 63.1 Å². The molecule has 6 nitrogen and oxygen atoms in total. The van der Waals surface area contributed by atoms with E-state index in [1.807, 2.05) is 11.1 Å². The Bertz CT molecular complexity index is 820. The molecule has 1 saturated carbocycles. The first-order valence-electron chi connectivity index (χ1n) is 10.9. The number of hydrogen-bond donors (Lipinski definition) is 1. The number of amides is 1. The molecule has 1 saturated heterocycles. The van der Waals surface area contributed by atoms with Gasteiger partial charge in [-0.05, 0) is 72.6 Å². The molecule has 2 aromatic rings. The minimum Gasteiger partial charge on any atom is -0.453 e. The fraction of sp³-hybridized carbons (Fsp3) is 0.565. The maximum absolute atomic E-state index is 12.4. The minimum absolute atomic E-state index is 0.0352. The number of aromatic nitrogens is 2. The van der Waals surface area contributed by atoms with E-state index in [0.29, 0.717) is 19.1 Å². The van der Waals surface area contributed by atoms with Crippen LogP contribution in [0.25, 0.3) is 0 Å². The van der Waals surface area contributed by atoms with Gasteiger partial charge >= 0.3 is 6.09 Å². The molecule has 1 aliphatic carbocycles. The Kier molecular flexibility index (Phi) is 7.30. The number of H-pyrrole nitrogens is 1. The Hall–Kier alpha value is -1.61. The second-order valence-corrected chi connectivity index (χ2v) is 9.49. The van der Waals surface area contributed by atoms with Crippen molar-refractivity contribution in [3.63, 3.8) is 0 Å². The van der Waals surface area contributed by atoms with E-state index in [1.165, 1.54) is 12.7 Å². The molecule has 1 amide bonds. The third-order valence-corrected chi connectivity index (χ3v) is 7.49. The smallest absolute Gasteiger partial charge is 0.409 e. The number of nitrogens with one attached hydrogen (secondary N) is 1. The SMILES string of the molecule is COC(=O)N1CCCC(c2[nH]ncc2I)C1COC1CCC(c2ccccc2)CC1. The van der Waals surface area contributed by atoms with Crippen molar-refractivity contribution in [1.29, 1.82) is 0 Å². The summed E-state index contributed by atoms with van der Waals surface area (Å²) in [6.45, 7) is 1.25. The van der Waals surface area contributed by atoms with Gasteiger partial charge in [-0.1, -0.05) is 30.3 Å². The largest absolute Gasteiger partial charge is 0.453 e. The molecule has 1 aromatic heterocycles. The Morgan fingerprint density at radius 3 is 2.63 bits per heavy atom. The molecule has 0 bridgehead atoms. The van der Waals surface area contributed by atoms with E-state index in [1.54, 1.807) is 0 Å². The highest BCUT2D eigenvalue weighted by Crippen LogP contribution is 2.37. The molecule has 2 fully saturated rings. The van der Waals surface area contributed by atoms with Crippen molar-refractivity contribution in [1.82, 2.24) is 15.1 Å². The van der Waals surface area contributed by atoms with Crippen LogP contribution in [0.2, 0.25) is 0 Å². The van der Waals surface area contributed by atoms with Crippen molar-refractivity contribution < 1.29 is 14.3 Å². The Balaban J connectivity index is 1.40. The Morgan fingerprint density at radius 1 is 1.20 bits per heavy atom. The van der Waals surface area contributed by atoms with Crippen LogP contribution in [0.1, 0.15) is 61.6 Å². The third kappa shape index (κ3) is 4.82. The summed E-state index contributed by atoms with van der Waals surface area (Å²) in [6.07, 6.45) is 8.24. The molecule has 2 unspecified atom stereocenters. The van der Waals surface area contributed by atoms with Crippen molar-refractivity contribution in [3.05, 3.63) is 51.4 Å². The number of ether oxygens (including phenoxy) is 2. The first-order valence-corrected chi connectivity index (χ1v) is 11.9. The topological polar surface area (TPSA) is 67.5 Å². The molecular weight excluding hydrogens is 493 g/mol. The predicted octanol–water partition coefficient (Wildman–Crippen LogP) is 5.07. The normalized spacial score (nSPS) is 27.1. The van der Waals surface area contributed by atoms with Crippen molar-refractivity contribution in [2.45, 2.75) is 62.5 Å². The number of benzene rings is 1. The number of aromatic amines is 1. The molecule has 30 heavy (non-hydrogen) atoms. The molecule has 0 spiro atoms. The van der Waals surface area contributed by atoms with Crippen LogP contribution in [-0.2, 0) is 9.47 Å². The Morgan fingerprint density at radius 2 is 1.97 bits per heavy atom. The predicted molar refractivity (Wildman–Crippen MR) is 124 cm³/mol. The number of nitrogens with zero attached hydrogens (tertiary/aromatic N) is 2. The van der Waals surface area contributed by atoms with E-state index in [9.17, 15) is 4.79 Å². The number of rotatable bonds is 5. The summed E-state index contributed by atoms with van der Waals surface area (Å²) in [6, 6.07) is 10.8. The van der Waals surface area contributed by atoms with Crippen molar-refractivity contribution >= 4 is 28.7 Å². The lowest BCUT2D eigenvalue weighted by molar-refractivity contribution is -0.0243. The van der Waals surface area contributed by atoms with E-state index in [-0.39, 0.29) is 24.2 Å². The molecule has 7 heteroatoms. The molecule has 0 radical (unpaired) electrons. The van der Waals surface area contributed by atoms with Gasteiger partial charge in [0.15, 0.2) is 0 Å². The van der Waals surface area contributed by atoms with E-state index >= 15 is 0 Å². The van der Waals surface area contributed by atoms with Crippen LogP contribution < -0.4 is 0 Å². The fourth-order valence-corrected chi connectivity index (χ4v) is 5.67. The van der Waals surface area contributed by atoms with Gasteiger partial charge in [0.2, 0.25) is 0 Å². The fourth-order valence-electron chi connectivity index (χ4n) is 5.01. The van der Waals surface area contributed by atoms with Crippen molar-refractivity contribution in [2.75, 3.05) is 20.3 Å². The number of carbonyl (C=O) groups excluding carboxylic acids is 1. The average Bonchev–Trinajstić information content (AvgIpc) is 3.23. The molecule has 2 atom stereocenters. The maximum Gasteiger partial charge on any atom is 0.409 e. The zero-order valence-electron chi connectivity index (χ0n) is 17.4. The molecule has 1 aliphatic heterocycles. The molecular formula is C23H30IN3O3. The molecule has 162 valence electrons. The molecule has 2 heterocycles. The lowest BCUT2D eigenvalue weighted by Crippen LogP contribution is -2.50. The second-order valence-electron chi connectivity index (χ2n) is 8.33. The Labute approximate surface area is 191 Å². The molecule has 1 N–H and O–H groups in total. The van der Waals surface area contributed by atoms with Gasteiger partial charge in [-0.15, -0.1) is 0 Å². The zero-order chi connectivity index (χ0) is 20.9. The molecule has 1 aromatic carbocycles. The van der Waals surface area contributed by atoms with Gasteiger partial charge in [0.25, 0.3) is 0 Å². The first-order chi connectivity index (χ1) is 14.7. The van der Waals surface area contributed by atoms with Gasteiger partial charge < -0.3 is 14.4 Å². The van der Waals surface area contributed by atoms with Crippen LogP contribution in [0.3, 0.4) is 0 Å². The highest BCUT2D eigenvalue weighted by molar-refractivity contribution is 14.1. The van der Waals surface area contributed by atoms with Crippen LogP contribution in [0.4, 0.5) is 4.79 Å². The van der Waals surface area contributed by atoms with Gasteiger partial charge in [-0.2, -0.15) is 5.10 Å². The highest BCUT2D eigenvalue weighted by Gasteiger charge is 2.38. The number of piperidine rings is 1. The lowest BCUT2D eigenvalue weighted by Gasteiger charge is -2.41. The van der Waals surface area contributed by atoms with Crippen LogP contribution in [0.15, 0.2) is 36.5 Å². The number of likely N-dealkylation sites (tertiary alicyclic amines) is 1. The first kappa shape index (κ1) is 21.6. The minimum atomic E-state index is -0.268. The van der Waals surface area contributed by atoms with Gasteiger partial charge in [-0.3, -0.25) is 5.10 Å². The van der Waals surface area contributed by atoms with Gasteiger partial charge in [0.1, 0.15) is 0 Å². The quantitative estimate of drug-likeness (QED) is 0.556. The second kappa shape index (κ2) is 10.1. The van der Waals surface area contributed by atoms with E-state index < -0.39 is 0 Å². The van der Waals surface area contributed by atoms with Crippen LogP contribution in [0.5, 0.6) is 0 Å². The van der Waals surface area contributed by atoms with Gasteiger partial charge in [-0.25, -0.2) is 4.79 Å². The lowest BCUT2D eigenvalue weighted by atomic mass is 9.82. The summed E-state index contributed by atoms with van der Waals surface area (Å²) in [5.74, 6) is 0.819. The van der Waals surface area contributed by atoms with Gasteiger partial charge in [0.05, 0.1) is 41.3 Å². The standard InChI is InChI=1S/C23H30IN3O3/c1-29-23(28)27-13-5-8-19(22-20(24)14-25-26-22)21(27)15-30-18-11-9-17(10-12-18)16-6-3-2-4-7-16/h2-4,6-7,14,17-19,21H,5,8-13,15H2,1H3,(H,25,26). The number of methoxy groups -OCH3 is 1. The summed E-state index contributed by atoms with van der Waals surface area (Å²) in [5, 5.41) is 7.35. The summed E-state index contributed by atoms with van der Waals surface area (Å²) < 4.78 is 12.6. The summed E-state index contributed by atoms with van der Waals surface area (Å²) in [7, 11) is 1.45. The van der Waals surface area contributed by atoms with Gasteiger partial charge in [0, 0.05) is 12.5 Å². The molecule has 4 rings (SSSR count). The van der Waals surface area contributed by atoms with Crippen LogP contribution in [-0.4, -0.2) is 53.6 Å². The van der Waals surface area contributed by atoms with E-state index in [0.717, 1.165) is 47.8 Å². The highest BCUT2D eigenvalue weighted by atomic mass is 127. The van der Waals surface area contributed by atoms with Crippen molar-refractivity contribution in [3.8, 4) is 0 Å². The summed E-state index contributed by atoms with van der Waals surface area (Å²) in [4.78, 5) is 14.3. The van der Waals surface area contributed by atoms with E-state index in [4.69, 9.17) is 9.47 Å². The number of hydrogen-bond acceptors (Lipinski definition) is 4. The summed E-state index contributed by atoms with van der Waals surface area (Å²) >= 11 is 2.31. The number of carbonyl (C=O) groups is 1. The monoisotopic (exact) mass is 523 g/mol. The van der Waals surface area contributed by atoms with Crippen LogP contribution >= 0.6 is 22.6 Å². The summed E-state index contributed by atoms with van der Waals surface area (Å²) in [5.41, 5.74) is 2.54. The van der Waals surface area contributed by atoms with Crippen LogP contribution in [0, 0.1) is 3.57 Å².